The Bertz CT molecular complexity index is 1220. The number of H-pyrrole nitrogens is 1. The van der Waals surface area contributed by atoms with Gasteiger partial charge in [-0.05, 0) is 49.2 Å². The van der Waals surface area contributed by atoms with Crippen molar-refractivity contribution in [3.8, 4) is 0 Å². The van der Waals surface area contributed by atoms with Crippen LogP contribution in [0.5, 0.6) is 0 Å². The normalized spacial score (nSPS) is 10.9. The number of fused-ring (bicyclic) bond motifs is 1. The van der Waals surface area contributed by atoms with Crippen LogP contribution in [0.4, 0.5) is 19.3 Å². The first-order chi connectivity index (χ1) is 15.0. The zero-order valence-corrected chi connectivity index (χ0v) is 17.0. The highest BCUT2D eigenvalue weighted by molar-refractivity contribution is 5.89. The predicted octanol–water partition coefficient (Wildman–Crippen LogP) is 5.43. The number of nitrogens with one attached hydrogen (secondary N) is 2. The number of amides is 2. The fourth-order valence-corrected chi connectivity index (χ4v) is 3.51. The number of para-hydroxylation sites is 1. The molecule has 2 amide bonds. The first-order valence-corrected chi connectivity index (χ1v) is 9.98. The third kappa shape index (κ3) is 4.88. The number of halogens is 2. The molecule has 0 fully saturated rings. The van der Waals surface area contributed by atoms with Gasteiger partial charge in [0.15, 0.2) is 0 Å². The van der Waals surface area contributed by atoms with Crippen molar-refractivity contribution in [1.29, 1.82) is 0 Å². The highest BCUT2D eigenvalue weighted by atomic mass is 19.1. The molecule has 0 aliphatic heterocycles. The van der Waals surface area contributed by atoms with E-state index in [-0.39, 0.29) is 12.2 Å². The Labute approximate surface area is 178 Å². The Morgan fingerprint density at radius 3 is 2.74 bits per heavy atom. The number of benzene rings is 2. The molecule has 2 aromatic heterocycles. The van der Waals surface area contributed by atoms with E-state index in [2.05, 4.69) is 15.3 Å². The van der Waals surface area contributed by atoms with Crippen LogP contribution >= 0.6 is 0 Å². The molecule has 0 spiro atoms. The Morgan fingerprint density at radius 2 is 1.94 bits per heavy atom. The maximum Gasteiger partial charge on any atom is 0.322 e. The summed E-state index contributed by atoms with van der Waals surface area (Å²) in [5, 5.41) is 3.65. The van der Waals surface area contributed by atoms with Gasteiger partial charge >= 0.3 is 6.03 Å². The molecular formula is C24H22F2N4O. The number of rotatable bonds is 6. The van der Waals surface area contributed by atoms with Crippen molar-refractivity contribution in [2.24, 2.45) is 0 Å². The zero-order chi connectivity index (χ0) is 21.8. The number of aromatic nitrogens is 2. The van der Waals surface area contributed by atoms with Crippen molar-refractivity contribution in [1.82, 2.24) is 14.9 Å². The van der Waals surface area contributed by atoms with Crippen LogP contribution in [0.25, 0.3) is 10.9 Å². The van der Waals surface area contributed by atoms with E-state index in [1.807, 2.05) is 55.6 Å². The number of aryl methyl sites for hydroxylation is 1. The zero-order valence-electron chi connectivity index (χ0n) is 17.0. The van der Waals surface area contributed by atoms with Gasteiger partial charge in [0.2, 0.25) is 0 Å². The molecule has 0 saturated heterocycles. The third-order valence-corrected chi connectivity index (χ3v) is 5.08. The standard InChI is InChI=1S/C24H22F2N4O/c1-16-5-4-6-19(28-16)15-30(24(31)29-23-10-9-18(25)13-21(23)26)12-11-17-14-27-22-8-3-2-7-20(17)22/h2-10,13-14,27H,11-12,15H2,1H3,(H,29,31). The molecule has 4 aromatic rings. The predicted molar refractivity (Wildman–Crippen MR) is 117 cm³/mol. The molecule has 0 radical (unpaired) electrons. The lowest BCUT2D eigenvalue weighted by atomic mass is 10.1. The molecule has 7 heteroatoms. The minimum Gasteiger partial charge on any atom is -0.361 e. The largest absolute Gasteiger partial charge is 0.361 e. The summed E-state index contributed by atoms with van der Waals surface area (Å²) in [6, 6.07) is 16.2. The fraction of sp³-hybridized carbons (Fsp3) is 0.167. The second kappa shape index (κ2) is 8.95. The molecule has 0 aliphatic rings. The van der Waals surface area contributed by atoms with Gasteiger partial charge in [-0.15, -0.1) is 0 Å². The van der Waals surface area contributed by atoms with Gasteiger partial charge in [0, 0.05) is 35.4 Å². The molecule has 0 atom stereocenters. The number of hydrogen-bond acceptors (Lipinski definition) is 2. The summed E-state index contributed by atoms with van der Waals surface area (Å²) in [7, 11) is 0. The number of urea groups is 1. The molecule has 31 heavy (non-hydrogen) atoms. The van der Waals surface area contributed by atoms with Gasteiger partial charge in [0.1, 0.15) is 11.6 Å². The molecule has 0 saturated carbocycles. The monoisotopic (exact) mass is 420 g/mol. The number of pyridine rings is 1. The van der Waals surface area contributed by atoms with Crippen LogP contribution in [0, 0.1) is 18.6 Å². The second-order valence-corrected chi connectivity index (χ2v) is 7.36. The van der Waals surface area contributed by atoms with Crippen molar-refractivity contribution in [3.05, 3.63) is 95.4 Å². The summed E-state index contributed by atoms with van der Waals surface area (Å²) in [5.74, 6) is -1.52. The van der Waals surface area contributed by atoms with Crippen molar-refractivity contribution in [3.63, 3.8) is 0 Å². The number of nitrogens with zero attached hydrogens (tertiary/aromatic N) is 2. The minimum absolute atomic E-state index is 0.0688. The van der Waals surface area contributed by atoms with Crippen LogP contribution < -0.4 is 5.32 Å². The highest BCUT2D eigenvalue weighted by Crippen LogP contribution is 2.20. The van der Waals surface area contributed by atoms with Crippen LogP contribution in [0.1, 0.15) is 17.0 Å². The SMILES string of the molecule is Cc1cccc(CN(CCc2c[nH]c3ccccc23)C(=O)Nc2ccc(F)cc2F)n1. The van der Waals surface area contributed by atoms with Crippen molar-refractivity contribution in [2.75, 3.05) is 11.9 Å². The van der Waals surface area contributed by atoms with Gasteiger partial charge in [-0.2, -0.15) is 0 Å². The summed E-state index contributed by atoms with van der Waals surface area (Å²) in [5.41, 5.74) is 3.62. The number of anilines is 1. The molecule has 0 bridgehead atoms. The third-order valence-electron chi connectivity index (χ3n) is 5.08. The van der Waals surface area contributed by atoms with Gasteiger partial charge in [-0.1, -0.05) is 24.3 Å². The molecule has 158 valence electrons. The Morgan fingerprint density at radius 1 is 1.10 bits per heavy atom. The molecule has 2 heterocycles. The summed E-state index contributed by atoms with van der Waals surface area (Å²) < 4.78 is 27.2. The summed E-state index contributed by atoms with van der Waals surface area (Å²) in [6.07, 6.45) is 2.54. The molecule has 0 unspecified atom stereocenters. The Hall–Kier alpha value is -3.74. The van der Waals surface area contributed by atoms with Crippen molar-refractivity contribution in [2.45, 2.75) is 19.9 Å². The van der Waals surface area contributed by atoms with Crippen molar-refractivity contribution >= 4 is 22.6 Å². The lowest BCUT2D eigenvalue weighted by molar-refractivity contribution is 0.209. The second-order valence-electron chi connectivity index (χ2n) is 7.36. The van der Waals surface area contributed by atoms with E-state index in [0.29, 0.717) is 13.0 Å². The quantitative estimate of drug-likeness (QED) is 0.437. The van der Waals surface area contributed by atoms with E-state index >= 15 is 0 Å². The number of carbonyl (C=O) groups excluding carboxylic acids is 1. The van der Waals surface area contributed by atoms with Crippen LogP contribution in [0.15, 0.2) is 66.9 Å². The van der Waals surface area contributed by atoms with Gasteiger partial charge in [0.25, 0.3) is 0 Å². The van der Waals surface area contributed by atoms with E-state index in [9.17, 15) is 13.6 Å². The molecular weight excluding hydrogens is 398 g/mol. The van der Waals surface area contributed by atoms with E-state index in [1.54, 1.807) is 4.90 Å². The summed E-state index contributed by atoms with van der Waals surface area (Å²) in [4.78, 5) is 22.3. The van der Waals surface area contributed by atoms with Gasteiger partial charge in [-0.3, -0.25) is 4.98 Å². The smallest absolute Gasteiger partial charge is 0.322 e. The van der Waals surface area contributed by atoms with Gasteiger partial charge in [-0.25, -0.2) is 13.6 Å². The Balaban J connectivity index is 1.55. The average Bonchev–Trinajstić information content (AvgIpc) is 3.16. The van der Waals surface area contributed by atoms with E-state index in [4.69, 9.17) is 0 Å². The molecule has 2 N–H and O–H groups in total. The minimum atomic E-state index is -0.821. The first kappa shape index (κ1) is 20.5. The van der Waals surface area contributed by atoms with Crippen LogP contribution in [0.3, 0.4) is 0 Å². The average molecular weight is 420 g/mol. The van der Waals surface area contributed by atoms with Crippen LogP contribution in [-0.4, -0.2) is 27.4 Å². The lowest BCUT2D eigenvalue weighted by Gasteiger charge is -2.23. The highest BCUT2D eigenvalue weighted by Gasteiger charge is 2.18. The summed E-state index contributed by atoms with van der Waals surface area (Å²) in [6.45, 7) is 2.54. The van der Waals surface area contributed by atoms with Gasteiger partial charge in [0.05, 0.1) is 17.9 Å². The first-order valence-electron chi connectivity index (χ1n) is 9.98. The van der Waals surface area contributed by atoms with E-state index in [0.717, 1.165) is 40.0 Å². The molecule has 5 nitrogen and oxygen atoms in total. The Kier molecular flexibility index (Phi) is 5.93. The number of carbonyl (C=O) groups is 1. The lowest BCUT2D eigenvalue weighted by Crippen LogP contribution is -2.36. The molecule has 0 aliphatic carbocycles. The van der Waals surface area contributed by atoms with Crippen molar-refractivity contribution < 1.29 is 13.6 Å². The fourth-order valence-electron chi connectivity index (χ4n) is 3.51. The van der Waals surface area contributed by atoms with E-state index in [1.165, 1.54) is 6.07 Å². The summed E-state index contributed by atoms with van der Waals surface area (Å²) >= 11 is 0. The van der Waals surface area contributed by atoms with Crippen LogP contribution in [0.2, 0.25) is 0 Å². The number of aromatic amines is 1. The molecule has 2 aromatic carbocycles. The maximum absolute atomic E-state index is 14.0. The maximum atomic E-state index is 14.0. The number of hydrogen-bond donors (Lipinski definition) is 2. The topological polar surface area (TPSA) is 61.0 Å². The van der Waals surface area contributed by atoms with Gasteiger partial charge < -0.3 is 15.2 Å². The van der Waals surface area contributed by atoms with Crippen LogP contribution in [-0.2, 0) is 13.0 Å². The van der Waals surface area contributed by atoms with E-state index < -0.39 is 17.7 Å². The molecule has 4 rings (SSSR count).